The van der Waals surface area contributed by atoms with E-state index in [1.54, 1.807) is 6.92 Å². The fourth-order valence-corrected chi connectivity index (χ4v) is 4.12. The van der Waals surface area contributed by atoms with Crippen LogP contribution in [0.4, 0.5) is 0 Å². The third-order valence-corrected chi connectivity index (χ3v) is 5.69. The minimum absolute atomic E-state index is 0.0837. The zero-order valence-corrected chi connectivity index (χ0v) is 18.9. The zero-order chi connectivity index (χ0) is 22.8. The number of carbonyl (C=O) groups is 2. The second-order valence-electron chi connectivity index (χ2n) is 8.32. The Labute approximate surface area is 186 Å². The third kappa shape index (κ3) is 6.69. The van der Waals surface area contributed by atoms with E-state index < -0.39 is 5.91 Å². The molecule has 1 heterocycles. The molecule has 0 saturated heterocycles. The Morgan fingerprint density at radius 1 is 1.29 bits per heavy atom. The second kappa shape index (κ2) is 11.9. The van der Waals surface area contributed by atoms with Crippen molar-refractivity contribution in [2.75, 3.05) is 0 Å². The average molecular weight is 417 g/mol. The lowest BCUT2D eigenvalue weighted by atomic mass is 9.90. The van der Waals surface area contributed by atoms with E-state index in [1.165, 1.54) is 10.5 Å². The van der Waals surface area contributed by atoms with Gasteiger partial charge in [0.2, 0.25) is 5.91 Å². The molecule has 4 heteroatoms. The first-order valence-electron chi connectivity index (χ1n) is 11.1. The van der Waals surface area contributed by atoms with Crippen LogP contribution in [0.3, 0.4) is 0 Å². The minimum Gasteiger partial charge on any atom is -0.274 e. The van der Waals surface area contributed by atoms with Crippen LogP contribution in [0.15, 0.2) is 47.2 Å². The monoisotopic (exact) mass is 416 g/mol. The lowest BCUT2D eigenvalue weighted by Crippen LogP contribution is -2.41. The predicted octanol–water partition coefficient (Wildman–Crippen LogP) is 5.63. The summed E-state index contributed by atoms with van der Waals surface area (Å²) in [6.45, 7) is 5.87. The van der Waals surface area contributed by atoms with Gasteiger partial charge in [-0.3, -0.25) is 9.59 Å². The van der Waals surface area contributed by atoms with Gasteiger partial charge >= 0.3 is 0 Å². The van der Waals surface area contributed by atoms with Crippen molar-refractivity contribution < 1.29 is 9.59 Å². The van der Waals surface area contributed by atoms with Crippen LogP contribution in [0.1, 0.15) is 69.9 Å². The number of benzene rings is 1. The summed E-state index contributed by atoms with van der Waals surface area (Å²) in [4.78, 5) is 27.2. The number of unbranched alkanes of at least 4 members (excludes halogenated alkanes) is 1. The molecular weight excluding hydrogens is 384 g/mol. The van der Waals surface area contributed by atoms with Gasteiger partial charge in [0.25, 0.3) is 5.91 Å². The van der Waals surface area contributed by atoms with E-state index in [0.29, 0.717) is 30.0 Å². The third-order valence-electron chi connectivity index (χ3n) is 5.69. The number of imide groups is 1. The quantitative estimate of drug-likeness (QED) is 0.282. The van der Waals surface area contributed by atoms with Crippen molar-refractivity contribution >= 4 is 11.8 Å². The van der Waals surface area contributed by atoms with E-state index in [0.717, 1.165) is 37.7 Å². The maximum absolute atomic E-state index is 13.0. The van der Waals surface area contributed by atoms with E-state index in [-0.39, 0.29) is 17.9 Å². The van der Waals surface area contributed by atoms with Crippen LogP contribution in [0.5, 0.6) is 0 Å². The molecule has 1 aliphatic heterocycles. The Morgan fingerprint density at radius 3 is 2.71 bits per heavy atom. The fraction of sp³-hybridized carbons (Fsp3) is 0.444. The molecule has 2 rings (SSSR count). The molecule has 0 spiro atoms. The van der Waals surface area contributed by atoms with Crippen molar-refractivity contribution in [1.82, 2.24) is 4.90 Å². The summed E-state index contributed by atoms with van der Waals surface area (Å²) in [5.41, 5.74) is 3.63. The normalized spacial score (nSPS) is 15.6. The van der Waals surface area contributed by atoms with Gasteiger partial charge in [-0.2, -0.15) is 5.26 Å². The van der Waals surface area contributed by atoms with Crippen LogP contribution in [0, 0.1) is 36.5 Å². The number of nitrogens with zero attached hydrogens (tertiary/aromatic N) is 2. The van der Waals surface area contributed by atoms with Crippen molar-refractivity contribution in [3.05, 3.63) is 58.3 Å². The van der Waals surface area contributed by atoms with E-state index in [9.17, 15) is 14.9 Å². The number of hydrogen-bond donors (Lipinski definition) is 0. The molecular formula is C27H32N2O2. The lowest BCUT2D eigenvalue weighted by molar-refractivity contribution is -0.140. The number of amides is 2. The van der Waals surface area contributed by atoms with Crippen molar-refractivity contribution in [3.8, 4) is 18.4 Å². The molecule has 0 aliphatic carbocycles. The highest BCUT2D eigenvalue weighted by Gasteiger charge is 2.34. The first-order valence-corrected chi connectivity index (χ1v) is 11.1. The highest BCUT2D eigenvalue weighted by Crippen LogP contribution is 2.30. The zero-order valence-electron chi connectivity index (χ0n) is 18.9. The van der Waals surface area contributed by atoms with E-state index in [1.807, 2.05) is 37.3 Å². The molecule has 1 aromatic rings. The maximum Gasteiger partial charge on any atom is 0.275 e. The number of nitriles is 1. The number of carbonyl (C=O) groups excluding carboxylic acids is 2. The molecule has 0 saturated carbocycles. The molecule has 1 atom stereocenters. The summed E-state index contributed by atoms with van der Waals surface area (Å²) < 4.78 is 0. The predicted molar refractivity (Wildman–Crippen MR) is 123 cm³/mol. The van der Waals surface area contributed by atoms with Gasteiger partial charge in [0.15, 0.2) is 0 Å². The Kier molecular flexibility index (Phi) is 9.29. The molecule has 0 bridgehead atoms. The van der Waals surface area contributed by atoms with Gasteiger partial charge in [0.05, 0.1) is 6.42 Å². The molecule has 1 aromatic carbocycles. The first kappa shape index (κ1) is 24.2. The number of aryl methyl sites for hydroxylation is 1. The van der Waals surface area contributed by atoms with Crippen LogP contribution in [0.25, 0.3) is 0 Å². The summed E-state index contributed by atoms with van der Waals surface area (Å²) in [6.07, 6.45) is 13.4. The smallest absolute Gasteiger partial charge is 0.274 e. The molecule has 31 heavy (non-hydrogen) atoms. The van der Waals surface area contributed by atoms with Crippen LogP contribution in [-0.4, -0.2) is 16.7 Å². The average Bonchev–Trinajstić information content (AvgIpc) is 2.72. The maximum atomic E-state index is 13.0. The summed E-state index contributed by atoms with van der Waals surface area (Å²) >= 11 is 0. The molecule has 0 fully saturated rings. The van der Waals surface area contributed by atoms with Crippen molar-refractivity contribution in [2.45, 2.75) is 72.1 Å². The molecule has 1 unspecified atom stereocenters. The van der Waals surface area contributed by atoms with Crippen LogP contribution in [-0.2, 0) is 16.0 Å². The van der Waals surface area contributed by atoms with Gasteiger partial charge in [0.1, 0.15) is 11.6 Å². The highest BCUT2D eigenvalue weighted by atomic mass is 16.2. The molecule has 0 radical (unpaired) electrons. The largest absolute Gasteiger partial charge is 0.275 e. The molecule has 0 aromatic heterocycles. The fourth-order valence-electron chi connectivity index (χ4n) is 4.12. The van der Waals surface area contributed by atoms with Crippen LogP contribution >= 0.6 is 0 Å². The highest BCUT2D eigenvalue weighted by molar-refractivity contribution is 6.11. The Bertz CT molecular complexity index is 956. The van der Waals surface area contributed by atoms with Crippen molar-refractivity contribution in [3.63, 3.8) is 0 Å². The minimum atomic E-state index is -0.495. The van der Waals surface area contributed by atoms with Crippen LogP contribution in [0.2, 0.25) is 0 Å². The molecule has 162 valence electrons. The summed E-state index contributed by atoms with van der Waals surface area (Å²) in [5, 5.41) is 9.46. The SMILES string of the molecule is C#CCCCC(CCC)C/C(=C\Cc1cccc(C)c1)N1C(=O)CC(C)=C(C#N)C1=O. The van der Waals surface area contributed by atoms with E-state index in [2.05, 4.69) is 18.9 Å². The van der Waals surface area contributed by atoms with E-state index >= 15 is 0 Å². The molecule has 2 amide bonds. The Hall–Kier alpha value is -3.11. The summed E-state index contributed by atoms with van der Waals surface area (Å²) in [6, 6.07) is 10.2. The lowest BCUT2D eigenvalue weighted by Gasteiger charge is -2.30. The standard InChI is InChI=1S/C27H32N2O2/c1-5-7-8-12-22(10-6-2)18-24(15-14-23-13-9-11-20(3)16-23)29-26(30)17-21(4)25(19-28)27(29)31/h1,9,11,13,15-16,22H,6-8,10,12,14,17-18H2,2-4H3/b24-15+. The number of terminal acetylenes is 1. The van der Waals surface area contributed by atoms with Gasteiger partial charge in [-0.15, -0.1) is 12.3 Å². The topological polar surface area (TPSA) is 61.2 Å². The van der Waals surface area contributed by atoms with E-state index in [4.69, 9.17) is 6.42 Å². The summed E-state index contributed by atoms with van der Waals surface area (Å²) in [5.74, 6) is 2.28. The Balaban J connectivity index is 2.38. The first-order chi connectivity index (χ1) is 14.9. The molecule has 4 nitrogen and oxygen atoms in total. The van der Waals surface area contributed by atoms with Crippen molar-refractivity contribution in [1.29, 1.82) is 5.26 Å². The molecule has 1 aliphatic rings. The summed E-state index contributed by atoms with van der Waals surface area (Å²) in [7, 11) is 0. The van der Waals surface area contributed by atoms with Crippen LogP contribution < -0.4 is 0 Å². The van der Waals surface area contributed by atoms with Crippen molar-refractivity contribution in [2.24, 2.45) is 5.92 Å². The van der Waals surface area contributed by atoms with Gasteiger partial charge in [-0.05, 0) is 56.6 Å². The Morgan fingerprint density at radius 2 is 2.06 bits per heavy atom. The van der Waals surface area contributed by atoms with Gasteiger partial charge < -0.3 is 0 Å². The van der Waals surface area contributed by atoms with Gasteiger partial charge in [-0.1, -0.05) is 55.7 Å². The number of allylic oxidation sites excluding steroid dienone is 2. The van der Waals surface area contributed by atoms with Gasteiger partial charge in [-0.25, -0.2) is 4.90 Å². The second-order valence-corrected chi connectivity index (χ2v) is 8.32. The number of rotatable bonds is 10. The number of hydrogen-bond acceptors (Lipinski definition) is 3. The molecule has 0 N–H and O–H groups in total. The van der Waals surface area contributed by atoms with Gasteiger partial charge in [0, 0.05) is 12.1 Å².